The molecule has 3 nitrogen and oxygen atoms in total. The van der Waals surface area contributed by atoms with Crippen molar-refractivity contribution < 1.29 is 4.74 Å². The van der Waals surface area contributed by atoms with Crippen LogP contribution in [0.3, 0.4) is 0 Å². The van der Waals surface area contributed by atoms with Gasteiger partial charge in [-0.05, 0) is 18.6 Å². The third kappa shape index (κ3) is 2.49. The summed E-state index contributed by atoms with van der Waals surface area (Å²) in [6.07, 6.45) is 2.84. The van der Waals surface area contributed by atoms with E-state index in [9.17, 15) is 0 Å². The Morgan fingerprint density at radius 3 is 3.00 bits per heavy atom. The molecule has 1 N–H and O–H groups in total. The molecule has 0 aliphatic carbocycles. The van der Waals surface area contributed by atoms with E-state index in [1.807, 2.05) is 30.5 Å². The smallest absolute Gasteiger partial charge is 0.0722 e. The molecule has 16 heavy (non-hydrogen) atoms. The highest BCUT2D eigenvalue weighted by molar-refractivity contribution is 5.90. The number of nitrogens with one attached hydrogen (secondary N) is 1. The fraction of sp³-hybridized carbons (Fsp3) is 0.308. The minimum atomic E-state index is 0.788. The molecule has 0 spiro atoms. The maximum absolute atomic E-state index is 5.01. The number of hydrogen-bond donors (Lipinski definition) is 1. The molecular formula is C13H16N2O. The van der Waals surface area contributed by atoms with E-state index in [0.29, 0.717) is 0 Å². The highest BCUT2D eigenvalue weighted by Gasteiger charge is 1.99. The minimum Gasteiger partial charge on any atom is -0.385 e. The van der Waals surface area contributed by atoms with E-state index in [1.54, 1.807) is 7.11 Å². The Hall–Kier alpha value is -1.61. The lowest BCUT2D eigenvalue weighted by Gasteiger charge is -2.08. The average Bonchev–Trinajstić information content (AvgIpc) is 2.35. The van der Waals surface area contributed by atoms with Gasteiger partial charge in [0.15, 0.2) is 0 Å². The fourth-order valence-electron chi connectivity index (χ4n) is 1.69. The Kier molecular flexibility index (Phi) is 3.72. The van der Waals surface area contributed by atoms with Crippen LogP contribution in [0, 0.1) is 0 Å². The van der Waals surface area contributed by atoms with Crippen LogP contribution in [-0.2, 0) is 4.74 Å². The number of rotatable bonds is 5. The van der Waals surface area contributed by atoms with Gasteiger partial charge in [-0.25, -0.2) is 0 Å². The summed E-state index contributed by atoms with van der Waals surface area (Å²) in [4.78, 5) is 4.32. The number of fused-ring (bicyclic) bond motifs is 1. The number of pyridine rings is 1. The summed E-state index contributed by atoms with van der Waals surface area (Å²) < 4.78 is 5.01. The van der Waals surface area contributed by atoms with Crippen molar-refractivity contribution in [1.29, 1.82) is 0 Å². The molecule has 0 radical (unpaired) electrons. The summed E-state index contributed by atoms with van der Waals surface area (Å²) in [6, 6.07) is 10.2. The first kappa shape index (κ1) is 10.9. The van der Waals surface area contributed by atoms with E-state index in [1.165, 1.54) is 5.39 Å². The lowest BCUT2D eigenvalue weighted by molar-refractivity contribution is 0.198. The van der Waals surface area contributed by atoms with E-state index in [0.717, 1.165) is 30.8 Å². The van der Waals surface area contributed by atoms with Crippen molar-refractivity contribution in [2.75, 3.05) is 25.6 Å². The van der Waals surface area contributed by atoms with Gasteiger partial charge in [0.25, 0.3) is 0 Å². The summed E-state index contributed by atoms with van der Waals surface area (Å²) >= 11 is 0. The first-order chi connectivity index (χ1) is 7.92. The van der Waals surface area contributed by atoms with Gasteiger partial charge in [0, 0.05) is 37.5 Å². The van der Waals surface area contributed by atoms with Crippen LogP contribution in [0.15, 0.2) is 36.5 Å². The van der Waals surface area contributed by atoms with Crippen LogP contribution in [0.5, 0.6) is 0 Å². The van der Waals surface area contributed by atoms with Crippen LogP contribution >= 0.6 is 0 Å². The van der Waals surface area contributed by atoms with Crippen LogP contribution in [0.4, 0.5) is 5.69 Å². The number of aromatic nitrogens is 1. The number of hydrogen-bond acceptors (Lipinski definition) is 3. The number of nitrogens with zero attached hydrogens (tertiary/aromatic N) is 1. The van der Waals surface area contributed by atoms with Crippen LogP contribution in [0.25, 0.3) is 10.9 Å². The van der Waals surface area contributed by atoms with Crippen molar-refractivity contribution in [1.82, 2.24) is 4.98 Å². The summed E-state index contributed by atoms with van der Waals surface area (Å²) in [5.41, 5.74) is 2.17. The van der Waals surface area contributed by atoms with Crippen molar-refractivity contribution in [2.45, 2.75) is 6.42 Å². The second-order valence-corrected chi connectivity index (χ2v) is 3.65. The Balaban J connectivity index is 2.11. The number of benzene rings is 1. The third-order valence-electron chi connectivity index (χ3n) is 2.49. The highest BCUT2D eigenvalue weighted by atomic mass is 16.5. The Labute approximate surface area is 95.5 Å². The molecule has 3 heteroatoms. The van der Waals surface area contributed by atoms with E-state index in [4.69, 9.17) is 4.74 Å². The molecule has 1 aromatic heterocycles. The molecule has 0 saturated heterocycles. The highest BCUT2D eigenvalue weighted by Crippen LogP contribution is 2.20. The third-order valence-corrected chi connectivity index (χ3v) is 2.49. The predicted molar refractivity (Wildman–Crippen MR) is 66.7 cm³/mol. The zero-order chi connectivity index (χ0) is 11.2. The predicted octanol–water partition coefficient (Wildman–Crippen LogP) is 2.68. The number of anilines is 1. The van der Waals surface area contributed by atoms with Gasteiger partial charge in [0.05, 0.1) is 5.52 Å². The minimum absolute atomic E-state index is 0.788. The Morgan fingerprint density at radius 2 is 2.12 bits per heavy atom. The van der Waals surface area contributed by atoms with Crippen molar-refractivity contribution in [3.63, 3.8) is 0 Å². The average molecular weight is 216 g/mol. The van der Waals surface area contributed by atoms with Crippen molar-refractivity contribution in [3.8, 4) is 0 Å². The second-order valence-electron chi connectivity index (χ2n) is 3.65. The number of ether oxygens (including phenoxy) is 1. The molecular weight excluding hydrogens is 200 g/mol. The van der Waals surface area contributed by atoms with E-state index < -0.39 is 0 Å². The standard InChI is InChI=1S/C13H16N2O/c1-16-10-4-8-14-13-7-9-15-12-6-3-2-5-11(12)13/h2-3,5-7,9H,4,8,10H2,1H3,(H,14,15). The van der Waals surface area contributed by atoms with Crippen LogP contribution in [-0.4, -0.2) is 25.2 Å². The van der Waals surface area contributed by atoms with Gasteiger partial charge >= 0.3 is 0 Å². The first-order valence-corrected chi connectivity index (χ1v) is 5.48. The van der Waals surface area contributed by atoms with Crippen LogP contribution < -0.4 is 5.32 Å². The largest absolute Gasteiger partial charge is 0.385 e. The van der Waals surface area contributed by atoms with Gasteiger partial charge < -0.3 is 10.1 Å². The maximum atomic E-state index is 5.01. The van der Waals surface area contributed by atoms with E-state index in [2.05, 4.69) is 16.4 Å². The fourth-order valence-corrected chi connectivity index (χ4v) is 1.69. The summed E-state index contributed by atoms with van der Waals surface area (Å²) in [6.45, 7) is 1.71. The molecule has 0 unspecified atom stereocenters. The van der Waals surface area contributed by atoms with Crippen molar-refractivity contribution in [2.24, 2.45) is 0 Å². The molecule has 0 saturated carbocycles. The van der Waals surface area contributed by atoms with E-state index in [-0.39, 0.29) is 0 Å². The molecule has 0 fully saturated rings. The van der Waals surface area contributed by atoms with Gasteiger partial charge in [0.1, 0.15) is 0 Å². The Bertz CT molecular complexity index is 451. The quantitative estimate of drug-likeness (QED) is 0.780. The zero-order valence-corrected chi connectivity index (χ0v) is 9.44. The molecule has 0 atom stereocenters. The van der Waals surface area contributed by atoms with Gasteiger partial charge in [-0.15, -0.1) is 0 Å². The molecule has 0 aliphatic heterocycles. The molecule has 0 bridgehead atoms. The Morgan fingerprint density at radius 1 is 1.25 bits per heavy atom. The van der Waals surface area contributed by atoms with Gasteiger partial charge in [-0.3, -0.25) is 4.98 Å². The normalized spacial score (nSPS) is 10.6. The number of methoxy groups -OCH3 is 1. The SMILES string of the molecule is COCCCNc1ccnc2ccccc12. The molecule has 1 heterocycles. The van der Waals surface area contributed by atoms with Crippen molar-refractivity contribution >= 4 is 16.6 Å². The molecule has 2 rings (SSSR count). The summed E-state index contributed by atoms with van der Waals surface area (Å²) in [5, 5.41) is 4.57. The number of para-hydroxylation sites is 1. The maximum Gasteiger partial charge on any atom is 0.0722 e. The lowest BCUT2D eigenvalue weighted by atomic mass is 10.2. The first-order valence-electron chi connectivity index (χ1n) is 5.48. The summed E-state index contributed by atoms with van der Waals surface area (Å²) in [5.74, 6) is 0. The van der Waals surface area contributed by atoms with Gasteiger partial charge in [-0.1, -0.05) is 18.2 Å². The van der Waals surface area contributed by atoms with Gasteiger partial charge in [-0.2, -0.15) is 0 Å². The molecule has 0 amide bonds. The molecule has 2 aromatic rings. The lowest BCUT2D eigenvalue weighted by Crippen LogP contribution is -2.05. The monoisotopic (exact) mass is 216 g/mol. The molecule has 84 valence electrons. The molecule has 0 aliphatic rings. The van der Waals surface area contributed by atoms with Gasteiger partial charge in [0.2, 0.25) is 0 Å². The van der Waals surface area contributed by atoms with Crippen molar-refractivity contribution in [3.05, 3.63) is 36.5 Å². The zero-order valence-electron chi connectivity index (χ0n) is 9.44. The molecule has 1 aromatic carbocycles. The summed E-state index contributed by atoms with van der Waals surface area (Å²) in [7, 11) is 1.72. The van der Waals surface area contributed by atoms with Crippen LogP contribution in [0.2, 0.25) is 0 Å². The van der Waals surface area contributed by atoms with E-state index >= 15 is 0 Å². The second kappa shape index (κ2) is 5.47. The topological polar surface area (TPSA) is 34.1 Å². The van der Waals surface area contributed by atoms with Crippen LogP contribution in [0.1, 0.15) is 6.42 Å².